The van der Waals surface area contributed by atoms with Gasteiger partial charge < -0.3 is 19.7 Å². The van der Waals surface area contributed by atoms with E-state index in [0.717, 1.165) is 73.4 Å². The second-order valence-electron chi connectivity index (χ2n) is 7.46. The van der Waals surface area contributed by atoms with Crippen molar-refractivity contribution in [1.29, 1.82) is 0 Å². The number of rotatable bonds is 5. The molecule has 2 aliphatic heterocycles. The first-order valence-electron chi connectivity index (χ1n) is 9.60. The summed E-state index contributed by atoms with van der Waals surface area (Å²) in [6.07, 6.45) is 3.51. The standard InChI is InChI=1S/C20H28N4O2/c1-14-20(23-18-4-3-17(25-2)11-19(18)21-14)22-16-5-8-24(9-6-16)12-15-7-10-26-13-15/h3-4,11,15-16H,5-10,12-13H2,1-2H3,(H,22,23). The third-order valence-corrected chi connectivity index (χ3v) is 5.51. The molecule has 0 saturated carbocycles. The predicted octanol–water partition coefficient (Wildman–Crippen LogP) is 2.86. The predicted molar refractivity (Wildman–Crippen MR) is 103 cm³/mol. The van der Waals surface area contributed by atoms with Crippen molar-refractivity contribution < 1.29 is 9.47 Å². The summed E-state index contributed by atoms with van der Waals surface area (Å²) in [5.74, 6) is 2.45. The Kier molecular flexibility index (Phi) is 5.22. The molecule has 2 aliphatic rings. The normalized spacial score (nSPS) is 22.0. The zero-order valence-corrected chi connectivity index (χ0v) is 15.7. The number of nitrogens with one attached hydrogen (secondary N) is 1. The lowest BCUT2D eigenvalue weighted by atomic mass is 10.0. The minimum Gasteiger partial charge on any atom is -0.497 e. The van der Waals surface area contributed by atoms with Gasteiger partial charge in [0.25, 0.3) is 0 Å². The van der Waals surface area contributed by atoms with Crippen molar-refractivity contribution in [2.45, 2.75) is 32.2 Å². The molecule has 0 bridgehead atoms. The Morgan fingerprint density at radius 1 is 1.19 bits per heavy atom. The van der Waals surface area contributed by atoms with Crippen molar-refractivity contribution in [1.82, 2.24) is 14.9 Å². The SMILES string of the molecule is COc1ccc2nc(NC3CCN(CC4CCOC4)CC3)c(C)nc2c1. The van der Waals surface area contributed by atoms with E-state index in [2.05, 4.69) is 10.2 Å². The van der Waals surface area contributed by atoms with Crippen LogP contribution >= 0.6 is 0 Å². The van der Waals surface area contributed by atoms with Gasteiger partial charge in [0.15, 0.2) is 0 Å². The van der Waals surface area contributed by atoms with E-state index in [1.807, 2.05) is 25.1 Å². The van der Waals surface area contributed by atoms with Gasteiger partial charge in [0, 0.05) is 38.3 Å². The Bertz CT molecular complexity index is 753. The lowest BCUT2D eigenvalue weighted by Crippen LogP contribution is -2.41. The van der Waals surface area contributed by atoms with Gasteiger partial charge in [-0.1, -0.05) is 0 Å². The van der Waals surface area contributed by atoms with Crippen LogP contribution in [0.2, 0.25) is 0 Å². The van der Waals surface area contributed by atoms with E-state index in [4.69, 9.17) is 19.4 Å². The molecule has 3 heterocycles. The monoisotopic (exact) mass is 356 g/mol. The van der Waals surface area contributed by atoms with Crippen molar-refractivity contribution in [2.75, 3.05) is 45.3 Å². The summed E-state index contributed by atoms with van der Waals surface area (Å²) >= 11 is 0. The summed E-state index contributed by atoms with van der Waals surface area (Å²) in [5.41, 5.74) is 2.72. The zero-order valence-electron chi connectivity index (χ0n) is 15.7. The van der Waals surface area contributed by atoms with E-state index in [1.54, 1.807) is 7.11 Å². The number of ether oxygens (including phenoxy) is 2. The summed E-state index contributed by atoms with van der Waals surface area (Å²) in [7, 11) is 1.67. The van der Waals surface area contributed by atoms with Crippen molar-refractivity contribution in [2.24, 2.45) is 5.92 Å². The van der Waals surface area contributed by atoms with Gasteiger partial charge in [-0.3, -0.25) is 0 Å². The fourth-order valence-corrected chi connectivity index (χ4v) is 3.93. The fourth-order valence-electron chi connectivity index (χ4n) is 3.93. The fraction of sp³-hybridized carbons (Fsp3) is 0.600. The molecule has 2 aromatic rings. The highest BCUT2D eigenvalue weighted by molar-refractivity contribution is 5.78. The molecule has 26 heavy (non-hydrogen) atoms. The van der Waals surface area contributed by atoms with Gasteiger partial charge in [-0.15, -0.1) is 0 Å². The number of fused-ring (bicyclic) bond motifs is 1. The molecule has 0 radical (unpaired) electrons. The number of aromatic nitrogens is 2. The van der Waals surface area contributed by atoms with Gasteiger partial charge in [-0.25, -0.2) is 9.97 Å². The number of aryl methyl sites for hydroxylation is 1. The van der Waals surface area contributed by atoms with E-state index in [1.165, 1.54) is 13.0 Å². The molecule has 0 amide bonds. The van der Waals surface area contributed by atoms with E-state index in [-0.39, 0.29) is 0 Å². The summed E-state index contributed by atoms with van der Waals surface area (Å²) in [6, 6.07) is 6.30. The maximum Gasteiger partial charge on any atom is 0.148 e. The maximum atomic E-state index is 5.50. The molecule has 140 valence electrons. The third kappa shape index (κ3) is 3.91. The molecule has 4 rings (SSSR count). The van der Waals surface area contributed by atoms with Gasteiger partial charge in [0.1, 0.15) is 11.6 Å². The lowest BCUT2D eigenvalue weighted by molar-refractivity contribution is 0.154. The number of methoxy groups -OCH3 is 1. The minimum absolute atomic E-state index is 0.467. The molecular weight excluding hydrogens is 328 g/mol. The second-order valence-corrected chi connectivity index (χ2v) is 7.46. The van der Waals surface area contributed by atoms with Crippen LogP contribution in [0.25, 0.3) is 11.0 Å². The van der Waals surface area contributed by atoms with Crippen LogP contribution in [0.15, 0.2) is 18.2 Å². The smallest absolute Gasteiger partial charge is 0.148 e. The summed E-state index contributed by atoms with van der Waals surface area (Å²) in [6.45, 7) is 7.37. The highest BCUT2D eigenvalue weighted by Crippen LogP contribution is 2.24. The van der Waals surface area contributed by atoms with E-state index >= 15 is 0 Å². The summed E-state index contributed by atoms with van der Waals surface area (Å²) < 4.78 is 10.8. The van der Waals surface area contributed by atoms with Crippen LogP contribution in [0, 0.1) is 12.8 Å². The minimum atomic E-state index is 0.467. The average Bonchev–Trinajstić information content (AvgIpc) is 3.16. The molecule has 6 heteroatoms. The molecule has 6 nitrogen and oxygen atoms in total. The van der Waals surface area contributed by atoms with E-state index < -0.39 is 0 Å². The first-order chi connectivity index (χ1) is 12.7. The van der Waals surface area contributed by atoms with Crippen LogP contribution in [0.4, 0.5) is 5.82 Å². The van der Waals surface area contributed by atoms with Gasteiger partial charge in [0.2, 0.25) is 0 Å². The number of benzene rings is 1. The Morgan fingerprint density at radius 3 is 2.77 bits per heavy atom. The van der Waals surface area contributed by atoms with E-state index in [0.29, 0.717) is 6.04 Å². The van der Waals surface area contributed by atoms with Crippen LogP contribution in [-0.2, 0) is 4.74 Å². The Hall–Kier alpha value is -1.92. The third-order valence-electron chi connectivity index (χ3n) is 5.51. The van der Waals surface area contributed by atoms with Crippen molar-refractivity contribution in [3.63, 3.8) is 0 Å². The number of hydrogen-bond acceptors (Lipinski definition) is 6. The lowest BCUT2D eigenvalue weighted by Gasteiger charge is -2.34. The van der Waals surface area contributed by atoms with Crippen molar-refractivity contribution in [3.8, 4) is 5.75 Å². The van der Waals surface area contributed by atoms with Crippen molar-refractivity contribution in [3.05, 3.63) is 23.9 Å². The van der Waals surface area contributed by atoms with Crippen LogP contribution in [-0.4, -0.2) is 60.9 Å². The number of piperidine rings is 1. The van der Waals surface area contributed by atoms with Gasteiger partial charge >= 0.3 is 0 Å². The molecule has 2 fully saturated rings. The Morgan fingerprint density at radius 2 is 2.04 bits per heavy atom. The average molecular weight is 356 g/mol. The van der Waals surface area contributed by atoms with Crippen molar-refractivity contribution >= 4 is 16.9 Å². The van der Waals surface area contributed by atoms with Crippen LogP contribution < -0.4 is 10.1 Å². The molecule has 2 saturated heterocycles. The molecule has 1 unspecified atom stereocenters. The van der Waals surface area contributed by atoms with Gasteiger partial charge in [0.05, 0.1) is 30.4 Å². The molecule has 1 aromatic heterocycles. The topological polar surface area (TPSA) is 59.5 Å². The quantitative estimate of drug-likeness (QED) is 0.889. The number of hydrogen-bond donors (Lipinski definition) is 1. The summed E-state index contributed by atoms with van der Waals surface area (Å²) in [4.78, 5) is 12.1. The van der Waals surface area contributed by atoms with Crippen LogP contribution in [0.3, 0.4) is 0 Å². The number of nitrogens with zero attached hydrogens (tertiary/aromatic N) is 3. The molecule has 0 spiro atoms. The largest absolute Gasteiger partial charge is 0.497 e. The van der Waals surface area contributed by atoms with Crippen LogP contribution in [0.1, 0.15) is 25.0 Å². The molecule has 1 aromatic carbocycles. The number of likely N-dealkylation sites (tertiary alicyclic amines) is 1. The van der Waals surface area contributed by atoms with Gasteiger partial charge in [-0.05, 0) is 44.2 Å². The molecule has 1 N–H and O–H groups in total. The highest BCUT2D eigenvalue weighted by Gasteiger charge is 2.24. The maximum absolute atomic E-state index is 5.50. The zero-order chi connectivity index (χ0) is 17.9. The Balaban J connectivity index is 1.37. The number of anilines is 1. The molecule has 0 aliphatic carbocycles. The highest BCUT2D eigenvalue weighted by atomic mass is 16.5. The van der Waals surface area contributed by atoms with E-state index in [9.17, 15) is 0 Å². The molecular formula is C20H28N4O2. The summed E-state index contributed by atoms with van der Waals surface area (Å²) in [5, 5.41) is 3.63. The molecule has 1 atom stereocenters. The first kappa shape index (κ1) is 17.5. The second kappa shape index (κ2) is 7.76. The Labute approximate surface area is 154 Å². The van der Waals surface area contributed by atoms with Gasteiger partial charge in [-0.2, -0.15) is 0 Å². The first-order valence-corrected chi connectivity index (χ1v) is 9.60. The van der Waals surface area contributed by atoms with Crippen LogP contribution in [0.5, 0.6) is 5.75 Å².